The summed E-state index contributed by atoms with van der Waals surface area (Å²) in [6.45, 7) is 4.04. The van der Waals surface area contributed by atoms with Gasteiger partial charge in [0.2, 0.25) is 0 Å². The molecular formula is C17H18Cl2O. The molecule has 2 aromatic rings. The van der Waals surface area contributed by atoms with Crippen molar-refractivity contribution in [2.24, 2.45) is 0 Å². The lowest BCUT2D eigenvalue weighted by atomic mass is 10.2. The highest BCUT2D eigenvalue weighted by atomic mass is 35.5. The topological polar surface area (TPSA) is 13.1 Å². The molecule has 0 atom stereocenters. The fourth-order valence-corrected chi connectivity index (χ4v) is 1.98. The molecule has 0 aliphatic rings. The first-order chi connectivity index (χ1) is 9.69. The smallest absolute Gasteiger partial charge is 0.0974 e. The molecule has 1 aromatic heterocycles. The van der Waals surface area contributed by atoms with E-state index in [1.165, 1.54) is 0 Å². The average molecular weight is 309 g/mol. The van der Waals surface area contributed by atoms with E-state index in [0.29, 0.717) is 10.0 Å². The molecule has 0 aliphatic heterocycles. The molecule has 0 aliphatic carbocycles. The second kappa shape index (κ2) is 9.46. The maximum Gasteiger partial charge on any atom is 0.0974 e. The lowest BCUT2D eigenvalue weighted by Gasteiger charge is -1.99. The summed E-state index contributed by atoms with van der Waals surface area (Å²) in [7, 11) is 0. The maximum absolute atomic E-state index is 5.87. The van der Waals surface area contributed by atoms with E-state index in [0.717, 1.165) is 17.5 Å². The van der Waals surface area contributed by atoms with Crippen LogP contribution in [0.25, 0.3) is 12.2 Å². The summed E-state index contributed by atoms with van der Waals surface area (Å²) >= 11 is 11.7. The van der Waals surface area contributed by atoms with Gasteiger partial charge in [-0.25, -0.2) is 0 Å². The zero-order valence-electron chi connectivity index (χ0n) is 11.6. The van der Waals surface area contributed by atoms with E-state index in [9.17, 15) is 0 Å². The summed E-state index contributed by atoms with van der Waals surface area (Å²) in [6, 6.07) is 7.41. The molecule has 0 N–H and O–H groups in total. The van der Waals surface area contributed by atoms with Crippen molar-refractivity contribution in [3.63, 3.8) is 0 Å². The fourth-order valence-electron chi connectivity index (χ4n) is 1.46. The minimum absolute atomic E-state index is 0.690. The van der Waals surface area contributed by atoms with Crippen molar-refractivity contribution in [2.75, 3.05) is 0 Å². The van der Waals surface area contributed by atoms with Crippen LogP contribution in [0.4, 0.5) is 0 Å². The molecule has 1 nitrogen and oxygen atoms in total. The van der Waals surface area contributed by atoms with Crippen molar-refractivity contribution in [1.29, 1.82) is 0 Å². The largest absolute Gasteiger partial charge is 0.472 e. The SMILES string of the molecule is C/C=C/c1c(Cl)cccc1Cl.CC/C=C/c1ccoc1. The number of benzene rings is 1. The Hall–Kier alpha value is -1.44. The normalized spacial score (nSPS) is 10.8. The van der Waals surface area contributed by atoms with Crippen molar-refractivity contribution in [3.8, 4) is 0 Å². The molecule has 20 heavy (non-hydrogen) atoms. The summed E-state index contributed by atoms with van der Waals surface area (Å²) in [5, 5.41) is 1.38. The van der Waals surface area contributed by atoms with E-state index >= 15 is 0 Å². The van der Waals surface area contributed by atoms with Crippen LogP contribution in [0, 0.1) is 0 Å². The Bertz CT molecular complexity index is 534. The van der Waals surface area contributed by atoms with Crippen LogP contribution in [-0.2, 0) is 0 Å². The van der Waals surface area contributed by atoms with Gasteiger partial charge in [0.1, 0.15) is 0 Å². The van der Waals surface area contributed by atoms with Gasteiger partial charge in [-0.2, -0.15) is 0 Å². The molecule has 1 aromatic carbocycles. The Morgan fingerprint density at radius 3 is 2.30 bits per heavy atom. The number of halogens is 2. The van der Waals surface area contributed by atoms with Gasteiger partial charge in [0.05, 0.1) is 12.5 Å². The first-order valence-corrected chi connectivity index (χ1v) is 7.20. The second-order valence-corrected chi connectivity index (χ2v) is 4.82. The highest BCUT2D eigenvalue weighted by Crippen LogP contribution is 2.25. The van der Waals surface area contributed by atoms with Crippen LogP contribution in [0.1, 0.15) is 31.4 Å². The molecule has 0 unspecified atom stereocenters. The zero-order valence-corrected chi connectivity index (χ0v) is 13.2. The predicted octanol–water partition coefficient (Wildman–Crippen LogP) is 6.73. The first kappa shape index (κ1) is 16.6. The Morgan fingerprint density at radius 1 is 1.10 bits per heavy atom. The van der Waals surface area contributed by atoms with Crippen LogP contribution < -0.4 is 0 Å². The zero-order chi connectivity index (χ0) is 14.8. The van der Waals surface area contributed by atoms with Crippen molar-refractivity contribution in [1.82, 2.24) is 0 Å². The van der Waals surface area contributed by atoms with E-state index in [-0.39, 0.29) is 0 Å². The molecule has 2 rings (SSSR count). The van der Waals surface area contributed by atoms with E-state index in [1.54, 1.807) is 12.5 Å². The van der Waals surface area contributed by atoms with Crippen LogP contribution in [0.5, 0.6) is 0 Å². The second-order valence-electron chi connectivity index (χ2n) is 4.00. The van der Waals surface area contributed by atoms with Crippen LogP contribution in [0.2, 0.25) is 10.0 Å². The number of furan rings is 1. The van der Waals surface area contributed by atoms with Gasteiger partial charge < -0.3 is 4.42 Å². The van der Waals surface area contributed by atoms with Crippen molar-refractivity contribution < 1.29 is 4.42 Å². The minimum atomic E-state index is 0.690. The summed E-state index contributed by atoms with van der Waals surface area (Å²) in [6.07, 6.45) is 12.4. The molecule has 0 saturated heterocycles. The number of hydrogen-bond donors (Lipinski definition) is 0. The molecule has 0 bridgehead atoms. The molecular weight excluding hydrogens is 291 g/mol. The third-order valence-electron chi connectivity index (χ3n) is 2.42. The first-order valence-electron chi connectivity index (χ1n) is 6.44. The van der Waals surface area contributed by atoms with Crippen LogP contribution >= 0.6 is 23.2 Å². The molecule has 1 heterocycles. The Balaban J connectivity index is 0.000000204. The average Bonchev–Trinajstić information content (AvgIpc) is 2.95. The third-order valence-corrected chi connectivity index (χ3v) is 3.08. The summed E-state index contributed by atoms with van der Waals surface area (Å²) in [4.78, 5) is 0. The van der Waals surface area contributed by atoms with E-state index in [4.69, 9.17) is 27.6 Å². The molecule has 0 amide bonds. The third kappa shape index (κ3) is 5.68. The van der Waals surface area contributed by atoms with Crippen LogP contribution in [0.15, 0.2) is 53.4 Å². The van der Waals surface area contributed by atoms with E-state index < -0.39 is 0 Å². The number of allylic oxidation sites excluding steroid dienone is 2. The van der Waals surface area contributed by atoms with Crippen molar-refractivity contribution in [2.45, 2.75) is 20.3 Å². The van der Waals surface area contributed by atoms with Gasteiger partial charge in [0.25, 0.3) is 0 Å². The lowest BCUT2D eigenvalue weighted by molar-refractivity contribution is 0.567. The number of rotatable bonds is 3. The molecule has 106 valence electrons. The quantitative estimate of drug-likeness (QED) is 0.612. The Kier molecular flexibility index (Phi) is 7.86. The molecule has 0 saturated carbocycles. The Labute approximate surface area is 130 Å². The molecule has 0 fully saturated rings. The summed E-state index contributed by atoms with van der Waals surface area (Å²) in [5.41, 5.74) is 2.02. The van der Waals surface area contributed by atoms with E-state index in [1.807, 2.05) is 49.4 Å². The monoisotopic (exact) mass is 308 g/mol. The van der Waals surface area contributed by atoms with Gasteiger partial charge in [-0.3, -0.25) is 0 Å². The standard InChI is InChI=1S/C9H8Cl2.C8H10O/c1-2-4-7-8(10)5-3-6-9(7)11;1-2-3-4-8-5-6-9-7-8/h2-6H,1H3;3-7H,2H2,1H3/b4-2+;4-3+. The summed E-state index contributed by atoms with van der Waals surface area (Å²) < 4.78 is 4.86. The van der Waals surface area contributed by atoms with Gasteiger partial charge in [0.15, 0.2) is 0 Å². The predicted molar refractivity (Wildman–Crippen MR) is 89.2 cm³/mol. The van der Waals surface area contributed by atoms with Crippen molar-refractivity contribution in [3.05, 3.63) is 70.1 Å². The maximum atomic E-state index is 5.87. The van der Waals surface area contributed by atoms with Gasteiger partial charge in [-0.1, -0.05) is 60.5 Å². The van der Waals surface area contributed by atoms with Crippen molar-refractivity contribution >= 4 is 35.4 Å². The van der Waals surface area contributed by atoms with Gasteiger partial charge >= 0.3 is 0 Å². The van der Waals surface area contributed by atoms with E-state index in [2.05, 4.69) is 13.0 Å². The van der Waals surface area contributed by atoms with Gasteiger partial charge in [-0.15, -0.1) is 0 Å². The van der Waals surface area contributed by atoms with Crippen LogP contribution in [0.3, 0.4) is 0 Å². The molecule has 0 spiro atoms. The fraction of sp³-hybridized carbons (Fsp3) is 0.176. The molecule has 0 radical (unpaired) electrons. The Morgan fingerprint density at radius 2 is 1.80 bits per heavy atom. The van der Waals surface area contributed by atoms with Gasteiger partial charge in [0, 0.05) is 21.2 Å². The van der Waals surface area contributed by atoms with Crippen LogP contribution in [-0.4, -0.2) is 0 Å². The van der Waals surface area contributed by atoms with Gasteiger partial charge in [-0.05, 0) is 31.5 Å². The lowest BCUT2D eigenvalue weighted by Crippen LogP contribution is -1.75. The number of hydrogen-bond acceptors (Lipinski definition) is 1. The molecule has 3 heteroatoms. The summed E-state index contributed by atoms with van der Waals surface area (Å²) in [5.74, 6) is 0. The minimum Gasteiger partial charge on any atom is -0.472 e. The highest BCUT2D eigenvalue weighted by Gasteiger charge is 1.99. The highest BCUT2D eigenvalue weighted by molar-refractivity contribution is 6.37.